The molecule has 4 heteroatoms. The molecule has 2 aromatic rings. The molecular weight excluding hydrogens is 230 g/mol. The van der Waals surface area contributed by atoms with Gasteiger partial charge in [-0.1, -0.05) is 17.7 Å². The summed E-state index contributed by atoms with van der Waals surface area (Å²) in [5, 5.41) is 2.26. The second kappa shape index (κ2) is 4.04. The maximum absolute atomic E-state index is 11.9. The molecule has 0 atom stereocenters. The van der Waals surface area contributed by atoms with E-state index in [-0.39, 0.29) is 5.78 Å². The Morgan fingerprint density at radius 2 is 2.13 bits per heavy atom. The van der Waals surface area contributed by atoms with Crippen molar-refractivity contribution in [1.82, 2.24) is 0 Å². The molecule has 0 aliphatic heterocycles. The van der Waals surface area contributed by atoms with Gasteiger partial charge in [-0.2, -0.15) is 0 Å². The zero-order valence-electron chi connectivity index (χ0n) is 7.74. The van der Waals surface area contributed by atoms with Crippen molar-refractivity contribution in [1.29, 1.82) is 0 Å². The number of nitrogen functional groups attached to an aromatic ring is 1. The molecule has 2 N–H and O–H groups in total. The van der Waals surface area contributed by atoms with Crippen molar-refractivity contribution >= 4 is 34.4 Å². The fraction of sp³-hybridized carbons (Fsp3) is 0. The highest BCUT2D eigenvalue weighted by molar-refractivity contribution is 7.12. The van der Waals surface area contributed by atoms with Crippen LogP contribution in [0, 0.1) is 0 Å². The second-order valence-electron chi connectivity index (χ2n) is 3.05. The van der Waals surface area contributed by atoms with Gasteiger partial charge in [0.05, 0.1) is 9.90 Å². The summed E-state index contributed by atoms with van der Waals surface area (Å²) in [6, 6.07) is 8.53. The summed E-state index contributed by atoms with van der Waals surface area (Å²) >= 11 is 7.34. The first-order chi connectivity index (χ1) is 7.18. The maximum atomic E-state index is 11.9. The molecule has 0 bridgehead atoms. The minimum atomic E-state index is -0.0602. The Kier molecular flexibility index (Phi) is 2.75. The van der Waals surface area contributed by atoms with Gasteiger partial charge in [-0.05, 0) is 29.6 Å². The van der Waals surface area contributed by atoms with Crippen LogP contribution < -0.4 is 5.73 Å². The van der Waals surface area contributed by atoms with Crippen LogP contribution in [0.25, 0.3) is 0 Å². The summed E-state index contributed by atoms with van der Waals surface area (Å²) in [5.41, 5.74) is 6.61. The average Bonchev–Trinajstić information content (AvgIpc) is 2.69. The summed E-state index contributed by atoms with van der Waals surface area (Å²) in [6.45, 7) is 0. The van der Waals surface area contributed by atoms with Gasteiger partial charge in [-0.25, -0.2) is 0 Å². The summed E-state index contributed by atoms with van der Waals surface area (Å²) in [7, 11) is 0. The van der Waals surface area contributed by atoms with Gasteiger partial charge in [0.2, 0.25) is 5.78 Å². The van der Waals surface area contributed by atoms with Crippen molar-refractivity contribution in [2.24, 2.45) is 0 Å². The standard InChI is InChI=1S/C11H8ClNOS/c12-9-6-7(13)3-4-8(9)11(14)10-2-1-5-15-10/h1-6H,13H2. The molecule has 15 heavy (non-hydrogen) atoms. The first-order valence-corrected chi connectivity index (χ1v) is 5.57. The molecule has 0 fully saturated rings. The predicted octanol–water partition coefficient (Wildman–Crippen LogP) is 3.21. The van der Waals surface area contributed by atoms with E-state index in [1.807, 2.05) is 11.4 Å². The van der Waals surface area contributed by atoms with Crippen molar-refractivity contribution in [2.75, 3.05) is 5.73 Å². The Morgan fingerprint density at radius 3 is 2.73 bits per heavy atom. The fourth-order valence-corrected chi connectivity index (χ4v) is 2.21. The Labute approximate surface area is 96.3 Å². The quantitative estimate of drug-likeness (QED) is 0.644. The van der Waals surface area contributed by atoms with Crippen molar-refractivity contribution in [3.05, 3.63) is 51.2 Å². The normalized spacial score (nSPS) is 10.2. The molecule has 0 aliphatic carbocycles. The first-order valence-electron chi connectivity index (χ1n) is 4.31. The van der Waals surface area contributed by atoms with Crippen LogP contribution in [0.15, 0.2) is 35.7 Å². The van der Waals surface area contributed by atoms with Crippen LogP contribution in [-0.4, -0.2) is 5.78 Å². The van der Waals surface area contributed by atoms with Gasteiger partial charge in [0, 0.05) is 11.3 Å². The van der Waals surface area contributed by atoms with E-state index < -0.39 is 0 Å². The van der Waals surface area contributed by atoms with Gasteiger partial charge in [0.1, 0.15) is 0 Å². The molecule has 0 spiro atoms. The van der Waals surface area contributed by atoms with Crippen LogP contribution in [-0.2, 0) is 0 Å². The summed E-state index contributed by atoms with van der Waals surface area (Å²) < 4.78 is 0. The molecule has 1 aromatic carbocycles. The number of ketones is 1. The number of anilines is 1. The molecular formula is C11H8ClNOS. The second-order valence-corrected chi connectivity index (χ2v) is 4.40. The molecule has 2 rings (SSSR count). The lowest BCUT2D eigenvalue weighted by atomic mass is 10.1. The number of halogens is 1. The molecule has 1 aromatic heterocycles. The van der Waals surface area contributed by atoms with Gasteiger partial charge >= 0.3 is 0 Å². The average molecular weight is 238 g/mol. The third kappa shape index (κ3) is 2.03. The largest absolute Gasteiger partial charge is 0.399 e. The van der Waals surface area contributed by atoms with Crippen LogP contribution in [0.1, 0.15) is 15.2 Å². The molecule has 2 nitrogen and oxygen atoms in total. The fourth-order valence-electron chi connectivity index (χ4n) is 1.26. The number of nitrogens with two attached hydrogens (primary N) is 1. The maximum Gasteiger partial charge on any atom is 0.204 e. The Morgan fingerprint density at radius 1 is 1.33 bits per heavy atom. The van der Waals surface area contributed by atoms with Gasteiger partial charge in [0.15, 0.2) is 0 Å². The third-order valence-corrected chi connectivity index (χ3v) is 3.16. The molecule has 0 radical (unpaired) electrons. The highest BCUT2D eigenvalue weighted by Gasteiger charge is 2.13. The van der Waals surface area contributed by atoms with E-state index in [0.29, 0.717) is 21.2 Å². The number of hydrogen-bond acceptors (Lipinski definition) is 3. The zero-order valence-corrected chi connectivity index (χ0v) is 9.31. The van der Waals surface area contributed by atoms with E-state index >= 15 is 0 Å². The van der Waals surface area contributed by atoms with E-state index in [2.05, 4.69) is 0 Å². The number of carbonyl (C=O) groups is 1. The lowest BCUT2D eigenvalue weighted by Crippen LogP contribution is -2.00. The van der Waals surface area contributed by atoms with Gasteiger partial charge in [0.25, 0.3) is 0 Å². The SMILES string of the molecule is Nc1ccc(C(=O)c2cccs2)c(Cl)c1. The number of benzene rings is 1. The number of thiophene rings is 1. The summed E-state index contributed by atoms with van der Waals surface area (Å²) in [6.07, 6.45) is 0. The van der Waals surface area contributed by atoms with Crippen LogP contribution in [0.5, 0.6) is 0 Å². The summed E-state index contributed by atoms with van der Waals surface area (Å²) in [5.74, 6) is -0.0602. The molecule has 0 unspecified atom stereocenters. The Hall–Kier alpha value is -1.32. The first kappa shape index (κ1) is 10.2. The highest BCUT2D eigenvalue weighted by atomic mass is 35.5. The minimum Gasteiger partial charge on any atom is -0.399 e. The number of hydrogen-bond donors (Lipinski definition) is 1. The van der Waals surface area contributed by atoms with Crippen LogP contribution >= 0.6 is 22.9 Å². The number of rotatable bonds is 2. The van der Waals surface area contributed by atoms with Crippen molar-refractivity contribution in [3.8, 4) is 0 Å². The zero-order chi connectivity index (χ0) is 10.8. The van der Waals surface area contributed by atoms with Crippen molar-refractivity contribution < 1.29 is 4.79 Å². The van der Waals surface area contributed by atoms with Crippen LogP contribution in [0.2, 0.25) is 5.02 Å². The molecule has 0 saturated carbocycles. The molecule has 1 heterocycles. The lowest BCUT2D eigenvalue weighted by molar-refractivity contribution is 0.104. The smallest absolute Gasteiger partial charge is 0.204 e. The van der Waals surface area contributed by atoms with Gasteiger partial charge < -0.3 is 5.73 Å². The third-order valence-electron chi connectivity index (χ3n) is 1.98. The molecule has 0 amide bonds. The minimum absolute atomic E-state index is 0.0602. The Bertz CT molecular complexity index is 493. The molecule has 0 aliphatic rings. The van der Waals surface area contributed by atoms with E-state index in [4.69, 9.17) is 17.3 Å². The highest BCUT2D eigenvalue weighted by Crippen LogP contribution is 2.23. The van der Waals surface area contributed by atoms with Gasteiger partial charge in [-0.15, -0.1) is 11.3 Å². The van der Waals surface area contributed by atoms with E-state index in [1.165, 1.54) is 11.3 Å². The predicted molar refractivity (Wildman–Crippen MR) is 63.6 cm³/mol. The number of carbonyl (C=O) groups excluding carboxylic acids is 1. The molecule has 0 saturated heterocycles. The van der Waals surface area contributed by atoms with E-state index in [0.717, 1.165) is 0 Å². The van der Waals surface area contributed by atoms with E-state index in [9.17, 15) is 4.79 Å². The summed E-state index contributed by atoms with van der Waals surface area (Å²) in [4.78, 5) is 12.6. The van der Waals surface area contributed by atoms with Crippen molar-refractivity contribution in [3.63, 3.8) is 0 Å². The van der Waals surface area contributed by atoms with E-state index in [1.54, 1.807) is 24.3 Å². The van der Waals surface area contributed by atoms with Crippen LogP contribution in [0.4, 0.5) is 5.69 Å². The monoisotopic (exact) mass is 237 g/mol. The topological polar surface area (TPSA) is 43.1 Å². The lowest BCUT2D eigenvalue weighted by Gasteiger charge is -2.02. The van der Waals surface area contributed by atoms with Gasteiger partial charge in [-0.3, -0.25) is 4.79 Å². The van der Waals surface area contributed by atoms with Crippen LogP contribution in [0.3, 0.4) is 0 Å². The van der Waals surface area contributed by atoms with Crippen molar-refractivity contribution in [2.45, 2.75) is 0 Å². The molecule has 76 valence electrons. The Balaban J connectivity index is 2.42.